The van der Waals surface area contributed by atoms with Crippen LogP contribution in [0.3, 0.4) is 0 Å². The summed E-state index contributed by atoms with van der Waals surface area (Å²) in [7, 11) is 0. The van der Waals surface area contributed by atoms with Gasteiger partial charge in [-0.1, -0.05) is 30.1 Å². The lowest BCUT2D eigenvalue weighted by molar-refractivity contribution is -0.117. The van der Waals surface area contributed by atoms with E-state index in [1.165, 1.54) is 6.07 Å². The van der Waals surface area contributed by atoms with E-state index >= 15 is 0 Å². The first kappa shape index (κ1) is 13.5. The Morgan fingerprint density at radius 1 is 1.44 bits per heavy atom. The van der Waals surface area contributed by atoms with Crippen molar-refractivity contribution >= 4 is 57.6 Å². The Labute approximate surface area is 118 Å². The van der Waals surface area contributed by atoms with Crippen LogP contribution in [-0.4, -0.2) is 20.7 Å². The molecule has 0 aliphatic rings. The highest BCUT2D eigenvalue weighted by Gasteiger charge is 2.18. The largest absolute Gasteiger partial charge is 0.322 e. The highest BCUT2D eigenvalue weighted by Crippen LogP contribution is 2.35. The van der Waals surface area contributed by atoms with Crippen LogP contribution >= 0.6 is 34.9 Å². The average molecular weight is 305 g/mol. The van der Waals surface area contributed by atoms with Gasteiger partial charge in [-0.15, -0.1) is 0 Å². The third kappa shape index (κ3) is 2.42. The number of nitrogens with zero attached hydrogens (tertiary/aromatic N) is 2. The predicted molar refractivity (Wildman–Crippen MR) is 74.3 cm³/mol. The molecule has 0 aliphatic heterocycles. The van der Waals surface area contributed by atoms with Crippen LogP contribution in [0.5, 0.6) is 0 Å². The molecule has 2 rings (SSSR count). The van der Waals surface area contributed by atoms with E-state index in [2.05, 4.69) is 14.1 Å². The minimum Gasteiger partial charge on any atom is -0.322 e. The first-order valence-corrected chi connectivity index (χ1v) is 6.70. The highest BCUT2D eigenvalue weighted by atomic mass is 35.5. The van der Waals surface area contributed by atoms with Gasteiger partial charge in [-0.2, -0.15) is 8.75 Å². The molecule has 1 amide bonds. The number of aromatic nitrogens is 2. The van der Waals surface area contributed by atoms with Gasteiger partial charge >= 0.3 is 0 Å². The quantitative estimate of drug-likeness (QED) is 0.913. The van der Waals surface area contributed by atoms with E-state index in [-0.39, 0.29) is 5.91 Å². The average Bonchev–Trinajstić information content (AvgIpc) is 2.82. The van der Waals surface area contributed by atoms with Gasteiger partial charge in [-0.05, 0) is 12.5 Å². The van der Waals surface area contributed by atoms with Crippen LogP contribution in [0.4, 0.5) is 5.69 Å². The van der Waals surface area contributed by atoms with Gasteiger partial charge in [0.05, 0.1) is 33.5 Å². The molecular weight excluding hydrogens is 295 g/mol. The molecule has 0 bridgehead atoms. The summed E-state index contributed by atoms with van der Waals surface area (Å²) in [6, 6.07) is 0.943. The summed E-state index contributed by atoms with van der Waals surface area (Å²) in [5, 5.41) is 3.39. The molecule has 0 spiro atoms. The van der Waals surface area contributed by atoms with Gasteiger partial charge in [0.2, 0.25) is 5.91 Å². The molecule has 1 aromatic carbocycles. The normalized spacial score (nSPS) is 12.7. The Balaban J connectivity index is 2.44. The number of carbonyl (C=O) groups excluding carboxylic acids is 1. The molecule has 0 saturated heterocycles. The molecule has 0 aliphatic carbocycles. The van der Waals surface area contributed by atoms with Crippen molar-refractivity contribution in [3.63, 3.8) is 0 Å². The van der Waals surface area contributed by atoms with E-state index in [9.17, 15) is 4.79 Å². The Kier molecular flexibility index (Phi) is 4.01. The Hall–Kier alpha value is -0.950. The van der Waals surface area contributed by atoms with E-state index in [0.717, 1.165) is 11.7 Å². The van der Waals surface area contributed by atoms with Crippen LogP contribution in [0.2, 0.25) is 10.0 Å². The third-order valence-corrected chi connectivity index (χ3v) is 3.58. The SMILES string of the molecule is CCC(N)C(=O)Nc1c(Cl)cc(Cl)c2nsnc12. The summed E-state index contributed by atoms with van der Waals surface area (Å²) < 4.78 is 8.13. The van der Waals surface area contributed by atoms with Crippen molar-refractivity contribution in [3.8, 4) is 0 Å². The Morgan fingerprint density at radius 2 is 2.11 bits per heavy atom. The third-order valence-electron chi connectivity index (χ3n) is 2.47. The number of hydrogen-bond acceptors (Lipinski definition) is 5. The second kappa shape index (κ2) is 5.36. The maximum absolute atomic E-state index is 11.8. The molecule has 18 heavy (non-hydrogen) atoms. The summed E-state index contributed by atoms with van der Waals surface area (Å²) in [5.41, 5.74) is 7.05. The lowest BCUT2D eigenvalue weighted by atomic mass is 10.2. The molecule has 3 N–H and O–H groups in total. The molecular formula is C10H10Cl2N4OS. The number of benzene rings is 1. The molecule has 1 unspecified atom stereocenters. The molecule has 0 saturated carbocycles. The zero-order valence-corrected chi connectivity index (χ0v) is 11.7. The van der Waals surface area contributed by atoms with Crippen molar-refractivity contribution in [3.05, 3.63) is 16.1 Å². The summed E-state index contributed by atoms with van der Waals surface area (Å²) in [6.07, 6.45) is 0.537. The summed E-state index contributed by atoms with van der Waals surface area (Å²) in [4.78, 5) is 11.8. The summed E-state index contributed by atoms with van der Waals surface area (Å²) >= 11 is 13.0. The van der Waals surface area contributed by atoms with Gasteiger partial charge < -0.3 is 11.1 Å². The number of amides is 1. The molecule has 5 nitrogen and oxygen atoms in total. The fourth-order valence-corrected chi connectivity index (χ4v) is 2.55. The maximum Gasteiger partial charge on any atom is 0.241 e. The molecule has 96 valence electrons. The van der Waals surface area contributed by atoms with Crippen LogP contribution < -0.4 is 11.1 Å². The zero-order valence-electron chi connectivity index (χ0n) is 9.41. The number of rotatable bonds is 3. The number of carbonyl (C=O) groups is 1. The highest BCUT2D eigenvalue weighted by molar-refractivity contribution is 7.00. The minimum absolute atomic E-state index is 0.309. The molecule has 0 fully saturated rings. The first-order valence-electron chi connectivity index (χ1n) is 5.21. The second-order valence-electron chi connectivity index (χ2n) is 3.68. The van der Waals surface area contributed by atoms with E-state index in [1.54, 1.807) is 0 Å². The Morgan fingerprint density at radius 3 is 2.78 bits per heavy atom. The van der Waals surface area contributed by atoms with Crippen molar-refractivity contribution in [2.24, 2.45) is 5.73 Å². The van der Waals surface area contributed by atoms with Crippen LogP contribution in [0.25, 0.3) is 11.0 Å². The van der Waals surface area contributed by atoms with Gasteiger partial charge in [-0.3, -0.25) is 4.79 Å². The number of halogens is 2. The predicted octanol–water partition coefficient (Wildman–Crippen LogP) is 2.67. The van der Waals surface area contributed by atoms with E-state index in [4.69, 9.17) is 28.9 Å². The standard InChI is InChI=1S/C10H10Cl2N4OS/c1-2-6(13)10(17)14-7-4(11)3-5(12)8-9(7)16-18-15-8/h3,6H,2,13H2,1H3,(H,14,17). The molecule has 1 atom stereocenters. The van der Waals surface area contributed by atoms with Gasteiger partial charge in [0.15, 0.2) is 0 Å². The van der Waals surface area contributed by atoms with E-state index in [1.807, 2.05) is 6.92 Å². The fraction of sp³-hybridized carbons (Fsp3) is 0.300. The molecule has 1 heterocycles. The smallest absolute Gasteiger partial charge is 0.241 e. The lowest BCUT2D eigenvalue weighted by Gasteiger charge is -2.11. The number of nitrogens with two attached hydrogens (primary N) is 1. The van der Waals surface area contributed by atoms with Gasteiger partial charge in [0.1, 0.15) is 11.0 Å². The number of fused-ring (bicyclic) bond motifs is 1. The number of nitrogens with one attached hydrogen (secondary N) is 1. The number of anilines is 1. The monoisotopic (exact) mass is 304 g/mol. The van der Waals surface area contributed by atoms with Gasteiger partial charge in [0.25, 0.3) is 0 Å². The van der Waals surface area contributed by atoms with Crippen molar-refractivity contribution in [2.75, 3.05) is 5.32 Å². The van der Waals surface area contributed by atoms with Gasteiger partial charge in [-0.25, -0.2) is 0 Å². The van der Waals surface area contributed by atoms with Crippen LogP contribution in [-0.2, 0) is 4.79 Å². The summed E-state index contributed by atoms with van der Waals surface area (Å²) in [6.45, 7) is 1.83. The molecule has 1 aromatic heterocycles. The maximum atomic E-state index is 11.8. The zero-order chi connectivity index (χ0) is 13.3. The fourth-order valence-electron chi connectivity index (χ4n) is 1.39. The Bertz CT molecular complexity index is 601. The van der Waals surface area contributed by atoms with Crippen molar-refractivity contribution in [2.45, 2.75) is 19.4 Å². The van der Waals surface area contributed by atoms with Crippen LogP contribution in [0.1, 0.15) is 13.3 Å². The molecule has 8 heteroatoms. The first-order chi connectivity index (χ1) is 8.54. The van der Waals surface area contributed by atoms with E-state index < -0.39 is 6.04 Å². The van der Waals surface area contributed by atoms with Crippen molar-refractivity contribution in [1.82, 2.24) is 8.75 Å². The van der Waals surface area contributed by atoms with Gasteiger partial charge in [0, 0.05) is 0 Å². The molecule has 2 aromatic rings. The second-order valence-corrected chi connectivity index (χ2v) is 5.02. The van der Waals surface area contributed by atoms with Crippen molar-refractivity contribution < 1.29 is 4.79 Å². The van der Waals surface area contributed by atoms with Crippen LogP contribution in [0.15, 0.2) is 6.07 Å². The van der Waals surface area contributed by atoms with Crippen molar-refractivity contribution in [1.29, 1.82) is 0 Å². The molecule has 0 radical (unpaired) electrons. The topological polar surface area (TPSA) is 80.9 Å². The van der Waals surface area contributed by atoms with Crippen LogP contribution in [0, 0.1) is 0 Å². The number of hydrogen-bond donors (Lipinski definition) is 2. The summed E-state index contributed by atoms with van der Waals surface area (Å²) in [5.74, 6) is -0.309. The lowest BCUT2D eigenvalue weighted by Crippen LogP contribution is -2.34. The minimum atomic E-state index is -0.585. The van der Waals surface area contributed by atoms with E-state index in [0.29, 0.717) is 33.2 Å².